The Morgan fingerprint density at radius 3 is 2.79 bits per heavy atom. The lowest BCUT2D eigenvalue weighted by molar-refractivity contribution is 0.460. The van der Waals surface area contributed by atoms with Crippen molar-refractivity contribution in [1.29, 1.82) is 0 Å². The number of aromatic hydroxyl groups is 1. The summed E-state index contributed by atoms with van der Waals surface area (Å²) in [5.41, 5.74) is 3.76. The van der Waals surface area contributed by atoms with E-state index >= 15 is 0 Å². The van der Waals surface area contributed by atoms with E-state index in [1.165, 1.54) is 19.2 Å². The van der Waals surface area contributed by atoms with Gasteiger partial charge in [0, 0.05) is 17.6 Å². The first-order valence-electron chi connectivity index (χ1n) is 8.93. The normalized spacial score (nSPS) is 11.3. The minimum atomic E-state index is -0.614. The van der Waals surface area contributed by atoms with Crippen molar-refractivity contribution in [3.8, 4) is 16.9 Å². The Balaban J connectivity index is 1.81. The lowest BCUT2D eigenvalue weighted by atomic mass is 9.94. The molecule has 0 aliphatic heterocycles. The van der Waals surface area contributed by atoms with Gasteiger partial charge in [-0.05, 0) is 55.2 Å². The largest absolute Gasteiger partial charge is 0.505 e. The molecule has 2 aromatic carbocycles. The number of aryl methyl sites for hydroxylation is 3. The van der Waals surface area contributed by atoms with Gasteiger partial charge < -0.3 is 5.11 Å². The van der Waals surface area contributed by atoms with Crippen LogP contribution in [0.2, 0.25) is 5.02 Å². The van der Waals surface area contributed by atoms with Crippen molar-refractivity contribution in [2.45, 2.75) is 19.8 Å². The van der Waals surface area contributed by atoms with Gasteiger partial charge >= 0.3 is 0 Å². The lowest BCUT2D eigenvalue weighted by Crippen LogP contribution is -2.23. The molecule has 0 aliphatic carbocycles. The SMILES string of the molecule is Cc1nn(C)c(=O)c(-c2c(F)ccc(Cl)c2CCc2ccc3scnc3c2)c1O. The van der Waals surface area contributed by atoms with Gasteiger partial charge in [0.25, 0.3) is 5.56 Å². The molecule has 8 heteroatoms. The maximum atomic E-state index is 14.9. The second-order valence-corrected chi connectivity index (χ2v) is 8.07. The number of hydrogen-bond acceptors (Lipinski definition) is 5. The molecule has 1 N–H and O–H groups in total. The second kappa shape index (κ2) is 7.57. The van der Waals surface area contributed by atoms with Crippen LogP contribution in [-0.4, -0.2) is 19.9 Å². The summed E-state index contributed by atoms with van der Waals surface area (Å²) in [4.78, 5) is 17.0. The first-order valence-corrected chi connectivity index (χ1v) is 10.2. The summed E-state index contributed by atoms with van der Waals surface area (Å²) in [6.07, 6.45) is 0.973. The van der Waals surface area contributed by atoms with Crippen LogP contribution in [0.25, 0.3) is 21.3 Å². The van der Waals surface area contributed by atoms with Gasteiger partial charge in [0.1, 0.15) is 11.5 Å². The minimum absolute atomic E-state index is 0.0239. The molecule has 0 spiro atoms. The Kier molecular flexibility index (Phi) is 5.10. The second-order valence-electron chi connectivity index (χ2n) is 6.77. The van der Waals surface area contributed by atoms with Gasteiger partial charge in [-0.15, -0.1) is 11.3 Å². The van der Waals surface area contributed by atoms with Crippen molar-refractivity contribution in [2.24, 2.45) is 7.05 Å². The Hall–Kier alpha value is -2.77. The number of halogens is 2. The highest BCUT2D eigenvalue weighted by atomic mass is 35.5. The molecule has 0 saturated heterocycles. The molecular formula is C21H17ClFN3O2S. The van der Waals surface area contributed by atoms with E-state index < -0.39 is 11.4 Å². The summed E-state index contributed by atoms with van der Waals surface area (Å²) < 4.78 is 17.1. The van der Waals surface area contributed by atoms with E-state index in [2.05, 4.69) is 10.1 Å². The van der Waals surface area contributed by atoms with Crippen LogP contribution in [0, 0.1) is 12.7 Å². The third kappa shape index (κ3) is 3.52. The molecule has 2 heterocycles. The molecule has 0 radical (unpaired) electrons. The predicted octanol–water partition coefficient (Wildman–Crippen LogP) is 4.65. The number of fused-ring (bicyclic) bond motifs is 1. The number of hydrogen-bond donors (Lipinski definition) is 1. The van der Waals surface area contributed by atoms with Crippen molar-refractivity contribution in [3.63, 3.8) is 0 Å². The van der Waals surface area contributed by atoms with Gasteiger partial charge in [0.05, 0.1) is 21.3 Å². The maximum Gasteiger partial charge on any atom is 0.278 e. The zero-order valence-electron chi connectivity index (χ0n) is 15.7. The van der Waals surface area contributed by atoms with Gasteiger partial charge in [0.2, 0.25) is 0 Å². The molecule has 2 aromatic heterocycles. The zero-order chi connectivity index (χ0) is 20.7. The molecular weight excluding hydrogens is 413 g/mol. The molecule has 29 heavy (non-hydrogen) atoms. The number of nitrogens with zero attached hydrogens (tertiary/aromatic N) is 3. The summed E-state index contributed by atoms with van der Waals surface area (Å²) in [6, 6.07) is 8.67. The summed E-state index contributed by atoms with van der Waals surface area (Å²) in [5, 5.41) is 14.8. The van der Waals surface area contributed by atoms with Crippen LogP contribution in [0.1, 0.15) is 16.8 Å². The molecule has 148 valence electrons. The smallest absolute Gasteiger partial charge is 0.278 e. The van der Waals surface area contributed by atoms with E-state index in [0.717, 1.165) is 20.5 Å². The van der Waals surface area contributed by atoms with Crippen LogP contribution in [0.3, 0.4) is 0 Å². The van der Waals surface area contributed by atoms with Crippen LogP contribution in [0.5, 0.6) is 5.75 Å². The molecule has 0 unspecified atom stereocenters. The molecule has 0 amide bonds. The Morgan fingerprint density at radius 2 is 2.00 bits per heavy atom. The third-order valence-electron chi connectivity index (χ3n) is 4.90. The average molecular weight is 430 g/mol. The highest BCUT2D eigenvalue weighted by Gasteiger charge is 2.23. The van der Waals surface area contributed by atoms with Gasteiger partial charge in [-0.1, -0.05) is 17.7 Å². The van der Waals surface area contributed by atoms with Crippen molar-refractivity contribution < 1.29 is 9.50 Å². The first-order chi connectivity index (χ1) is 13.9. The van der Waals surface area contributed by atoms with Crippen LogP contribution in [0.4, 0.5) is 4.39 Å². The van der Waals surface area contributed by atoms with Crippen molar-refractivity contribution in [3.05, 3.63) is 73.9 Å². The van der Waals surface area contributed by atoms with E-state index in [-0.39, 0.29) is 22.6 Å². The molecule has 0 atom stereocenters. The fourth-order valence-corrected chi connectivity index (χ4v) is 4.33. The van der Waals surface area contributed by atoms with Crippen LogP contribution in [0.15, 0.2) is 40.6 Å². The van der Waals surface area contributed by atoms with Crippen molar-refractivity contribution >= 4 is 33.2 Å². The summed E-state index contributed by atoms with van der Waals surface area (Å²) in [5.74, 6) is -0.947. The Morgan fingerprint density at radius 1 is 1.21 bits per heavy atom. The van der Waals surface area contributed by atoms with Gasteiger partial charge in [-0.25, -0.2) is 14.1 Å². The van der Waals surface area contributed by atoms with E-state index in [1.54, 1.807) is 23.8 Å². The molecule has 0 bridgehead atoms. The van der Waals surface area contributed by atoms with E-state index in [1.807, 2.05) is 18.2 Å². The van der Waals surface area contributed by atoms with Gasteiger partial charge in [-0.3, -0.25) is 4.79 Å². The van der Waals surface area contributed by atoms with Crippen molar-refractivity contribution in [1.82, 2.24) is 14.8 Å². The zero-order valence-corrected chi connectivity index (χ0v) is 17.3. The standard InChI is InChI=1S/C21H17ClFN3O2S/c1-11-20(27)19(21(28)26(2)25-11)18-13(14(22)6-7-15(18)23)5-3-12-4-8-17-16(9-12)24-10-29-17/h4,6-10,27H,3,5H2,1-2H3. The summed E-state index contributed by atoms with van der Waals surface area (Å²) in [6.45, 7) is 1.56. The van der Waals surface area contributed by atoms with Gasteiger partial charge in [-0.2, -0.15) is 5.10 Å². The molecule has 4 rings (SSSR count). The first kappa shape index (κ1) is 19.5. The van der Waals surface area contributed by atoms with Crippen LogP contribution in [-0.2, 0) is 19.9 Å². The predicted molar refractivity (Wildman–Crippen MR) is 113 cm³/mol. The quantitative estimate of drug-likeness (QED) is 0.512. The number of aromatic nitrogens is 3. The Bertz CT molecular complexity index is 1300. The maximum absolute atomic E-state index is 14.9. The van der Waals surface area contributed by atoms with Crippen molar-refractivity contribution in [2.75, 3.05) is 0 Å². The Labute approximate surface area is 175 Å². The van der Waals surface area contributed by atoms with E-state index in [0.29, 0.717) is 23.4 Å². The van der Waals surface area contributed by atoms with E-state index in [4.69, 9.17) is 11.6 Å². The number of rotatable bonds is 4. The molecule has 0 saturated carbocycles. The monoisotopic (exact) mass is 429 g/mol. The van der Waals surface area contributed by atoms with E-state index in [9.17, 15) is 14.3 Å². The highest BCUT2D eigenvalue weighted by Crippen LogP contribution is 2.36. The highest BCUT2D eigenvalue weighted by molar-refractivity contribution is 7.16. The van der Waals surface area contributed by atoms with Crippen LogP contribution >= 0.6 is 22.9 Å². The van der Waals surface area contributed by atoms with Crippen LogP contribution < -0.4 is 5.56 Å². The fraction of sp³-hybridized carbons (Fsp3) is 0.190. The lowest BCUT2D eigenvalue weighted by Gasteiger charge is -2.15. The minimum Gasteiger partial charge on any atom is -0.505 e. The summed E-state index contributed by atoms with van der Waals surface area (Å²) in [7, 11) is 1.46. The molecule has 5 nitrogen and oxygen atoms in total. The molecule has 4 aromatic rings. The molecule has 0 fully saturated rings. The number of thiazole rings is 1. The average Bonchev–Trinajstić information content (AvgIpc) is 3.16. The van der Waals surface area contributed by atoms with Gasteiger partial charge in [0.15, 0.2) is 5.75 Å². The molecule has 0 aliphatic rings. The fourth-order valence-electron chi connectivity index (χ4n) is 3.42. The summed E-state index contributed by atoms with van der Waals surface area (Å²) >= 11 is 7.96. The topological polar surface area (TPSA) is 68.0 Å². The number of benzene rings is 2. The third-order valence-corrected chi connectivity index (χ3v) is 6.06.